The van der Waals surface area contributed by atoms with E-state index in [2.05, 4.69) is 15.2 Å². The van der Waals surface area contributed by atoms with Crippen LogP contribution < -0.4 is 15.0 Å². The molecule has 1 fully saturated rings. The zero-order valence-corrected chi connectivity index (χ0v) is 24.6. The van der Waals surface area contributed by atoms with Crippen LogP contribution >= 0.6 is 11.3 Å². The minimum atomic E-state index is -0.585. The number of thiazole rings is 1. The van der Waals surface area contributed by atoms with E-state index in [1.165, 1.54) is 11.3 Å². The van der Waals surface area contributed by atoms with Crippen LogP contribution in [0.3, 0.4) is 0 Å². The molecule has 216 valence electrons. The smallest absolute Gasteiger partial charge is 0.410 e. The number of carbonyl (C=O) groups excluding carboxylic acids is 3. The lowest BCUT2D eigenvalue weighted by Crippen LogP contribution is -2.50. The molecule has 0 spiro atoms. The van der Waals surface area contributed by atoms with Gasteiger partial charge in [0.25, 0.3) is 5.91 Å². The normalized spacial score (nSPS) is 13.5. The Morgan fingerprint density at radius 1 is 1.15 bits per heavy atom. The summed E-state index contributed by atoms with van der Waals surface area (Å²) in [4.78, 5) is 47.5. The third kappa shape index (κ3) is 9.12. The first-order chi connectivity index (χ1) is 19.0. The molecule has 4 amide bonds. The lowest BCUT2D eigenvalue weighted by Gasteiger charge is -2.35. The number of amides is 4. The van der Waals surface area contributed by atoms with Gasteiger partial charge in [-0.15, -0.1) is 11.3 Å². The van der Waals surface area contributed by atoms with Crippen molar-refractivity contribution in [2.45, 2.75) is 53.2 Å². The first-order valence-electron chi connectivity index (χ1n) is 13.3. The van der Waals surface area contributed by atoms with Crippen molar-refractivity contribution >= 4 is 34.5 Å². The molecule has 12 heteroatoms. The van der Waals surface area contributed by atoms with Crippen molar-refractivity contribution < 1.29 is 23.9 Å². The topological polar surface area (TPSA) is 128 Å². The zero-order chi connectivity index (χ0) is 29.3. The Hall–Kier alpha value is -3.85. The van der Waals surface area contributed by atoms with Crippen molar-refractivity contribution in [3.63, 3.8) is 0 Å². The van der Waals surface area contributed by atoms with E-state index in [4.69, 9.17) is 14.7 Å². The number of hydrogen-bond donors (Lipinski definition) is 1. The van der Waals surface area contributed by atoms with E-state index in [0.29, 0.717) is 49.8 Å². The van der Waals surface area contributed by atoms with Crippen LogP contribution in [0.4, 0.5) is 14.7 Å². The Morgan fingerprint density at radius 3 is 2.42 bits per heavy atom. The van der Waals surface area contributed by atoms with Gasteiger partial charge in [0.1, 0.15) is 24.5 Å². The summed E-state index contributed by atoms with van der Waals surface area (Å²) in [7, 11) is 0. The molecule has 2 aromatic rings. The van der Waals surface area contributed by atoms with Gasteiger partial charge in [-0.25, -0.2) is 14.6 Å². The third-order valence-corrected chi connectivity index (χ3v) is 6.92. The lowest BCUT2D eigenvalue weighted by molar-refractivity contribution is 0.0240. The number of hydrogen-bond acceptors (Lipinski definition) is 9. The molecule has 40 heavy (non-hydrogen) atoms. The van der Waals surface area contributed by atoms with E-state index in [1.807, 2.05) is 46.1 Å². The summed E-state index contributed by atoms with van der Waals surface area (Å²) in [6, 6.07) is 7.88. The summed E-state index contributed by atoms with van der Waals surface area (Å²) >= 11 is 1.53. The summed E-state index contributed by atoms with van der Waals surface area (Å²) in [6.45, 7) is 12.4. The Bertz CT molecular complexity index is 1190. The van der Waals surface area contributed by atoms with Gasteiger partial charge < -0.3 is 24.6 Å². The van der Waals surface area contributed by atoms with Crippen molar-refractivity contribution in [2.24, 2.45) is 5.92 Å². The van der Waals surface area contributed by atoms with Gasteiger partial charge >= 0.3 is 12.1 Å². The summed E-state index contributed by atoms with van der Waals surface area (Å²) in [6.07, 6.45) is 0.362. The van der Waals surface area contributed by atoms with Gasteiger partial charge in [0.2, 0.25) is 0 Å². The summed E-state index contributed by atoms with van der Waals surface area (Å²) in [5, 5.41) is 14.0. The average molecular weight is 571 g/mol. The van der Waals surface area contributed by atoms with E-state index < -0.39 is 17.5 Å². The molecule has 1 N–H and O–H groups in total. The number of carbonyl (C=O) groups is 3. The maximum absolute atomic E-state index is 13.0. The fraction of sp³-hybridized carbons (Fsp3) is 0.536. The molecule has 1 saturated heterocycles. The van der Waals surface area contributed by atoms with Crippen molar-refractivity contribution in [3.8, 4) is 11.8 Å². The van der Waals surface area contributed by atoms with Gasteiger partial charge in [-0.1, -0.05) is 13.8 Å². The summed E-state index contributed by atoms with van der Waals surface area (Å²) < 4.78 is 11.3. The predicted molar refractivity (Wildman–Crippen MR) is 152 cm³/mol. The molecule has 1 aromatic heterocycles. The highest BCUT2D eigenvalue weighted by Gasteiger charge is 2.27. The van der Waals surface area contributed by atoms with Gasteiger partial charge in [0, 0.05) is 43.7 Å². The Labute approximate surface area is 239 Å². The molecule has 0 radical (unpaired) electrons. The number of nitrogens with zero attached hydrogens (tertiary/aromatic N) is 5. The monoisotopic (exact) mass is 570 g/mol. The van der Waals surface area contributed by atoms with E-state index >= 15 is 0 Å². The first-order valence-corrected chi connectivity index (χ1v) is 14.2. The molecule has 0 atom stereocenters. The molecule has 2 heterocycles. The van der Waals surface area contributed by atoms with Crippen molar-refractivity contribution in [3.05, 3.63) is 40.9 Å². The second-order valence-corrected chi connectivity index (χ2v) is 11.7. The van der Waals surface area contributed by atoms with Crippen LogP contribution in [0.25, 0.3) is 0 Å². The maximum atomic E-state index is 13.0. The number of nitrogens with one attached hydrogen (secondary N) is 1. The van der Waals surface area contributed by atoms with Crippen LogP contribution in [-0.4, -0.2) is 77.7 Å². The van der Waals surface area contributed by atoms with Crippen LogP contribution in [0.5, 0.6) is 5.75 Å². The summed E-state index contributed by atoms with van der Waals surface area (Å²) in [5.41, 5.74) is 0.616. The number of anilines is 1. The maximum Gasteiger partial charge on any atom is 0.410 e. The number of aromatic nitrogens is 1. The number of piperazine rings is 1. The molecular formula is C28H38N6O5S. The average Bonchev–Trinajstić information content (AvgIpc) is 3.39. The molecule has 1 aromatic carbocycles. The SMILES string of the molecule is CC(C)CCN(C(=O)NCC#N)C(=O)c1ccc(OCc2csc(N3CCN(C(=O)OC(C)(C)C)CC3)n2)cc1. The fourth-order valence-electron chi connectivity index (χ4n) is 3.81. The van der Waals surface area contributed by atoms with E-state index in [-0.39, 0.29) is 25.8 Å². The van der Waals surface area contributed by atoms with Gasteiger partial charge in [0.05, 0.1) is 11.8 Å². The van der Waals surface area contributed by atoms with Crippen LogP contribution in [-0.2, 0) is 11.3 Å². The van der Waals surface area contributed by atoms with Crippen LogP contribution in [0.15, 0.2) is 29.6 Å². The first kappa shape index (κ1) is 30.7. The molecule has 0 unspecified atom stereocenters. The van der Waals surface area contributed by atoms with Gasteiger partial charge in [-0.05, 0) is 57.4 Å². The van der Waals surface area contributed by atoms with Crippen LogP contribution in [0.1, 0.15) is 57.1 Å². The number of benzene rings is 1. The van der Waals surface area contributed by atoms with E-state index in [9.17, 15) is 14.4 Å². The number of rotatable bonds is 9. The molecule has 11 nitrogen and oxygen atoms in total. The Balaban J connectivity index is 1.52. The second-order valence-electron chi connectivity index (χ2n) is 10.8. The lowest BCUT2D eigenvalue weighted by atomic mass is 10.1. The summed E-state index contributed by atoms with van der Waals surface area (Å²) in [5.74, 6) is 0.446. The molecular weight excluding hydrogens is 532 g/mol. The van der Waals surface area contributed by atoms with E-state index in [0.717, 1.165) is 15.7 Å². The number of nitriles is 1. The van der Waals surface area contributed by atoms with Crippen molar-refractivity contribution in [1.82, 2.24) is 20.1 Å². The second kappa shape index (κ2) is 14.0. The fourth-order valence-corrected chi connectivity index (χ4v) is 4.68. The molecule has 0 bridgehead atoms. The zero-order valence-electron chi connectivity index (χ0n) is 23.8. The largest absolute Gasteiger partial charge is 0.487 e. The minimum Gasteiger partial charge on any atom is -0.487 e. The quantitative estimate of drug-likeness (QED) is 0.437. The van der Waals surface area contributed by atoms with Crippen LogP contribution in [0, 0.1) is 17.2 Å². The number of urea groups is 1. The van der Waals surface area contributed by atoms with Crippen molar-refractivity contribution in [2.75, 3.05) is 44.2 Å². The van der Waals surface area contributed by atoms with Crippen molar-refractivity contribution in [1.29, 1.82) is 5.26 Å². The molecule has 0 saturated carbocycles. The highest BCUT2D eigenvalue weighted by atomic mass is 32.1. The Kier molecular flexibility index (Phi) is 10.7. The van der Waals surface area contributed by atoms with Crippen LogP contribution in [0.2, 0.25) is 0 Å². The predicted octanol–water partition coefficient (Wildman–Crippen LogP) is 4.50. The Morgan fingerprint density at radius 2 is 1.82 bits per heavy atom. The molecule has 1 aliphatic heterocycles. The third-order valence-electron chi connectivity index (χ3n) is 5.97. The molecule has 1 aliphatic rings. The van der Waals surface area contributed by atoms with E-state index in [1.54, 1.807) is 29.2 Å². The standard InChI is InChI=1S/C28H38N6O5S/c1-20(2)10-13-34(25(36)30-12-11-29)24(35)21-6-8-23(9-7-21)38-18-22-19-40-26(31-22)32-14-16-33(17-15-32)27(37)39-28(3,4)5/h6-9,19-20H,10,12-18H2,1-5H3,(H,30,36). The molecule has 0 aliphatic carbocycles. The van der Waals surface area contributed by atoms with Gasteiger partial charge in [-0.2, -0.15) is 5.26 Å². The highest BCUT2D eigenvalue weighted by Crippen LogP contribution is 2.24. The number of ether oxygens (including phenoxy) is 2. The van der Waals surface area contributed by atoms with Gasteiger partial charge in [0.15, 0.2) is 5.13 Å². The minimum absolute atomic E-state index is 0.169. The molecule has 3 rings (SSSR count). The highest BCUT2D eigenvalue weighted by molar-refractivity contribution is 7.13. The number of imide groups is 1. The van der Waals surface area contributed by atoms with Gasteiger partial charge in [-0.3, -0.25) is 9.69 Å².